The van der Waals surface area contributed by atoms with Gasteiger partial charge in [-0.15, -0.1) is 0 Å². The van der Waals surface area contributed by atoms with Crippen LogP contribution in [-0.2, 0) is 14.3 Å². The van der Waals surface area contributed by atoms with Crippen molar-refractivity contribution >= 4 is 17.9 Å². The van der Waals surface area contributed by atoms with Crippen molar-refractivity contribution in [1.82, 2.24) is 15.5 Å². The van der Waals surface area contributed by atoms with Gasteiger partial charge in [-0.3, -0.25) is 19.8 Å². The quantitative estimate of drug-likeness (QED) is 0.694. The third-order valence-electron chi connectivity index (χ3n) is 1.86. The number of likely N-dealkylation sites (N-methyl/N-ethyl adjacent to an activating group) is 1. The second-order valence-electron chi connectivity index (χ2n) is 5.23. The van der Waals surface area contributed by atoms with Crippen molar-refractivity contribution in [2.45, 2.75) is 33.2 Å². The predicted octanol–water partition coefficient (Wildman–Crippen LogP) is 0.106. The third-order valence-corrected chi connectivity index (χ3v) is 1.86. The highest BCUT2D eigenvalue weighted by Crippen LogP contribution is 1.97. The smallest absolute Gasteiger partial charge is 0.321 e. The Morgan fingerprint density at radius 3 is 2.21 bits per heavy atom. The number of carbonyl (C=O) groups excluding carboxylic acids is 3. The Bertz CT molecular complexity index is 336. The molecule has 0 aromatic rings. The summed E-state index contributed by atoms with van der Waals surface area (Å²) in [5.41, 5.74) is -0.415. The van der Waals surface area contributed by atoms with Crippen molar-refractivity contribution in [2.75, 3.05) is 26.7 Å². The zero-order valence-electron chi connectivity index (χ0n) is 12.2. The number of hydrogen-bond acceptors (Lipinski definition) is 5. The second-order valence-corrected chi connectivity index (χ2v) is 5.23. The molecule has 0 aromatic heterocycles. The first-order valence-corrected chi connectivity index (χ1v) is 6.10. The van der Waals surface area contributed by atoms with Crippen molar-refractivity contribution in [3.63, 3.8) is 0 Å². The second kappa shape index (κ2) is 7.73. The minimum atomic E-state index is -0.554. The molecule has 0 unspecified atom stereocenters. The van der Waals surface area contributed by atoms with E-state index in [1.807, 2.05) is 20.8 Å². The molecule has 3 amide bonds. The van der Waals surface area contributed by atoms with Gasteiger partial charge in [0.1, 0.15) is 0 Å². The minimum Gasteiger partial charge on any atom is -0.465 e. The largest absolute Gasteiger partial charge is 0.465 e. The van der Waals surface area contributed by atoms with Crippen LogP contribution in [0.25, 0.3) is 0 Å². The number of nitrogens with one attached hydrogen (secondary N) is 2. The summed E-state index contributed by atoms with van der Waals surface area (Å²) in [4.78, 5) is 35.6. The first-order valence-electron chi connectivity index (χ1n) is 6.10. The van der Waals surface area contributed by atoms with E-state index in [2.05, 4.69) is 10.6 Å². The van der Waals surface area contributed by atoms with Crippen LogP contribution >= 0.6 is 0 Å². The van der Waals surface area contributed by atoms with Gasteiger partial charge in [0.05, 0.1) is 19.7 Å². The molecule has 0 spiro atoms. The fraction of sp³-hybridized carbons (Fsp3) is 0.750. The zero-order valence-corrected chi connectivity index (χ0v) is 12.2. The molecule has 0 fully saturated rings. The number of hydrogen-bond donors (Lipinski definition) is 2. The van der Waals surface area contributed by atoms with E-state index in [9.17, 15) is 14.4 Å². The van der Waals surface area contributed by atoms with E-state index in [1.54, 1.807) is 14.0 Å². The van der Waals surface area contributed by atoms with Gasteiger partial charge in [0.15, 0.2) is 0 Å². The summed E-state index contributed by atoms with van der Waals surface area (Å²) >= 11 is 0. The fourth-order valence-electron chi connectivity index (χ4n) is 1.27. The molecule has 7 heteroatoms. The molecular weight excluding hydrogens is 250 g/mol. The lowest BCUT2D eigenvalue weighted by Gasteiger charge is -2.21. The maximum Gasteiger partial charge on any atom is 0.321 e. The molecule has 0 bridgehead atoms. The fourth-order valence-corrected chi connectivity index (χ4v) is 1.27. The molecular formula is C12H23N3O4. The number of nitrogens with zero attached hydrogens (tertiary/aromatic N) is 1. The number of urea groups is 1. The van der Waals surface area contributed by atoms with Crippen molar-refractivity contribution in [3.8, 4) is 0 Å². The first kappa shape index (κ1) is 17.4. The Kier molecular flexibility index (Phi) is 7.06. The summed E-state index contributed by atoms with van der Waals surface area (Å²) in [7, 11) is 1.60. The molecule has 2 N–H and O–H groups in total. The molecule has 0 saturated heterocycles. The van der Waals surface area contributed by atoms with Gasteiger partial charge in [0, 0.05) is 5.54 Å². The average molecular weight is 273 g/mol. The monoisotopic (exact) mass is 273 g/mol. The van der Waals surface area contributed by atoms with Gasteiger partial charge in [-0.05, 0) is 34.7 Å². The Balaban J connectivity index is 4.04. The highest BCUT2D eigenvalue weighted by molar-refractivity contribution is 5.95. The number of ether oxygens (including phenoxy) is 1. The van der Waals surface area contributed by atoms with Gasteiger partial charge in [-0.25, -0.2) is 4.79 Å². The van der Waals surface area contributed by atoms with Crippen LogP contribution in [0.4, 0.5) is 4.79 Å². The number of imide groups is 1. The van der Waals surface area contributed by atoms with Crippen LogP contribution in [0.2, 0.25) is 0 Å². The van der Waals surface area contributed by atoms with Crippen LogP contribution in [0.1, 0.15) is 27.7 Å². The number of carbonyl (C=O) groups is 3. The van der Waals surface area contributed by atoms with Gasteiger partial charge >= 0.3 is 12.0 Å². The molecule has 0 radical (unpaired) electrons. The van der Waals surface area contributed by atoms with Crippen molar-refractivity contribution in [2.24, 2.45) is 0 Å². The van der Waals surface area contributed by atoms with Crippen LogP contribution in [-0.4, -0.2) is 55.1 Å². The lowest BCUT2D eigenvalue weighted by atomic mass is 10.1. The molecule has 0 saturated carbocycles. The van der Waals surface area contributed by atoms with E-state index in [0.717, 1.165) is 0 Å². The Morgan fingerprint density at radius 2 is 1.74 bits per heavy atom. The number of esters is 1. The molecule has 19 heavy (non-hydrogen) atoms. The first-order chi connectivity index (χ1) is 8.64. The summed E-state index contributed by atoms with van der Waals surface area (Å²) in [5, 5.41) is 4.79. The minimum absolute atomic E-state index is 0.00213. The zero-order chi connectivity index (χ0) is 15.1. The summed E-state index contributed by atoms with van der Waals surface area (Å²) in [5.74, 6) is -0.884. The average Bonchev–Trinajstić information content (AvgIpc) is 2.12. The highest BCUT2D eigenvalue weighted by Gasteiger charge is 2.17. The van der Waals surface area contributed by atoms with Crippen molar-refractivity contribution < 1.29 is 19.1 Å². The third kappa shape index (κ3) is 10.0. The molecule has 110 valence electrons. The molecule has 0 aliphatic carbocycles. The maximum atomic E-state index is 11.5. The number of amides is 3. The lowest BCUT2D eigenvalue weighted by Crippen LogP contribution is -2.50. The van der Waals surface area contributed by atoms with Crippen LogP contribution < -0.4 is 10.6 Å². The van der Waals surface area contributed by atoms with Crippen LogP contribution in [0.15, 0.2) is 0 Å². The summed E-state index contributed by atoms with van der Waals surface area (Å²) in [6, 6.07) is -0.554. The normalized spacial score (nSPS) is 11.1. The topological polar surface area (TPSA) is 87.7 Å². The summed E-state index contributed by atoms with van der Waals surface area (Å²) in [6.07, 6.45) is 0. The van der Waals surface area contributed by atoms with E-state index in [0.29, 0.717) is 6.61 Å². The molecule has 0 aliphatic heterocycles. The van der Waals surface area contributed by atoms with E-state index in [1.165, 1.54) is 4.90 Å². The molecule has 0 atom stereocenters. The van der Waals surface area contributed by atoms with Gasteiger partial charge in [0.2, 0.25) is 5.91 Å². The van der Waals surface area contributed by atoms with E-state index in [4.69, 9.17) is 4.74 Å². The standard InChI is InChI=1S/C12H23N3O4/c1-6-19-10(17)8-15(5)7-9(16)13-11(18)14-12(2,3)4/h6-8H2,1-5H3,(H2,13,14,16,18). The Morgan fingerprint density at radius 1 is 1.16 bits per heavy atom. The molecule has 0 aromatic carbocycles. The lowest BCUT2D eigenvalue weighted by molar-refractivity contribution is -0.144. The van der Waals surface area contributed by atoms with Crippen molar-refractivity contribution in [1.29, 1.82) is 0 Å². The van der Waals surface area contributed by atoms with Gasteiger partial charge in [-0.2, -0.15) is 0 Å². The summed E-state index contributed by atoms with van der Waals surface area (Å²) < 4.78 is 4.75. The van der Waals surface area contributed by atoms with Crippen LogP contribution in [0, 0.1) is 0 Å². The predicted molar refractivity (Wildman–Crippen MR) is 70.6 cm³/mol. The number of rotatable bonds is 5. The Hall–Kier alpha value is -1.63. The molecule has 7 nitrogen and oxygen atoms in total. The van der Waals surface area contributed by atoms with E-state index in [-0.39, 0.29) is 13.1 Å². The summed E-state index contributed by atoms with van der Waals surface area (Å²) in [6.45, 7) is 7.38. The maximum absolute atomic E-state index is 11.5. The Labute approximate surface area is 113 Å². The molecule has 0 aliphatic rings. The van der Waals surface area contributed by atoms with E-state index < -0.39 is 23.4 Å². The highest BCUT2D eigenvalue weighted by atomic mass is 16.5. The SMILES string of the molecule is CCOC(=O)CN(C)CC(=O)NC(=O)NC(C)(C)C. The van der Waals surface area contributed by atoms with Crippen molar-refractivity contribution in [3.05, 3.63) is 0 Å². The van der Waals surface area contributed by atoms with Gasteiger partial charge in [-0.1, -0.05) is 0 Å². The molecule has 0 rings (SSSR count). The van der Waals surface area contributed by atoms with Crippen LogP contribution in [0.5, 0.6) is 0 Å². The van der Waals surface area contributed by atoms with Gasteiger partial charge in [0.25, 0.3) is 0 Å². The van der Waals surface area contributed by atoms with E-state index >= 15 is 0 Å². The van der Waals surface area contributed by atoms with Crippen LogP contribution in [0.3, 0.4) is 0 Å². The van der Waals surface area contributed by atoms with Gasteiger partial charge < -0.3 is 10.1 Å². The molecule has 0 heterocycles.